The average molecular weight is 383 g/mol. The topological polar surface area (TPSA) is 57.4 Å². The van der Waals surface area contributed by atoms with Crippen molar-refractivity contribution < 1.29 is 13.9 Å². The number of nitrogens with one attached hydrogen (secondary N) is 2. The molecule has 1 heterocycles. The van der Waals surface area contributed by atoms with Crippen LogP contribution in [0.15, 0.2) is 42.6 Å². The van der Waals surface area contributed by atoms with Crippen LogP contribution in [0, 0.1) is 12.7 Å². The monoisotopic (exact) mass is 383 g/mol. The van der Waals surface area contributed by atoms with Gasteiger partial charge in [0.2, 0.25) is 0 Å². The predicted octanol–water partition coefficient (Wildman–Crippen LogP) is 5.73. The Kier molecular flexibility index (Phi) is 5.31. The fraction of sp³-hybridized carbons (Fsp3) is 0.318. The molecule has 0 fully saturated rings. The van der Waals surface area contributed by atoms with E-state index in [1.165, 1.54) is 6.07 Å². The Bertz CT molecular complexity index is 1000. The van der Waals surface area contributed by atoms with Crippen LogP contribution in [-0.4, -0.2) is 28.6 Å². The van der Waals surface area contributed by atoms with Gasteiger partial charge >= 0.3 is 6.09 Å². The molecule has 0 aliphatic carbocycles. The summed E-state index contributed by atoms with van der Waals surface area (Å²) in [4.78, 5) is 16.9. The standard InChI is InChI=1S/C22H26FN3O2/c1-14-6-9-19(18(23)10-14)25-16-7-8-17-15(12-24-20(17)11-16)13-26(5)21(27)28-22(2,3)4/h6-12,24-25H,13H2,1-5H3. The van der Waals surface area contributed by atoms with Crippen LogP contribution in [0.3, 0.4) is 0 Å². The second-order valence-electron chi connectivity index (χ2n) is 8.02. The Balaban J connectivity index is 1.76. The van der Waals surface area contributed by atoms with E-state index in [-0.39, 0.29) is 11.9 Å². The van der Waals surface area contributed by atoms with Crippen molar-refractivity contribution in [1.82, 2.24) is 9.88 Å². The fourth-order valence-corrected chi connectivity index (χ4v) is 2.93. The molecule has 1 amide bonds. The highest BCUT2D eigenvalue weighted by Gasteiger charge is 2.20. The highest BCUT2D eigenvalue weighted by Crippen LogP contribution is 2.26. The molecule has 148 valence electrons. The number of benzene rings is 2. The average Bonchev–Trinajstić information content (AvgIpc) is 2.98. The lowest BCUT2D eigenvalue weighted by atomic mass is 10.1. The first-order valence-electron chi connectivity index (χ1n) is 9.20. The minimum atomic E-state index is -0.530. The van der Waals surface area contributed by atoms with E-state index in [4.69, 9.17) is 4.74 Å². The molecule has 28 heavy (non-hydrogen) atoms. The molecule has 0 unspecified atom stereocenters. The molecule has 2 aromatic carbocycles. The van der Waals surface area contributed by atoms with E-state index in [0.29, 0.717) is 12.2 Å². The van der Waals surface area contributed by atoms with Gasteiger partial charge in [-0.15, -0.1) is 0 Å². The van der Waals surface area contributed by atoms with Crippen LogP contribution in [0.4, 0.5) is 20.6 Å². The number of nitrogens with zero attached hydrogens (tertiary/aromatic N) is 1. The first-order valence-corrected chi connectivity index (χ1v) is 9.20. The van der Waals surface area contributed by atoms with Gasteiger partial charge in [-0.3, -0.25) is 0 Å². The molecule has 0 radical (unpaired) electrons. The molecule has 0 atom stereocenters. The zero-order valence-corrected chi connectivity index (χ0v) is 16.9. The number of carbonyl (C=O) groups excluding carboxylic acids is 1. The first kappa shape index (κ1) is 19.7. The van der Waals surface area contributed by atoms with Crippen molar-refractivity contribution in [3.8, 4) is 0 Å². The number of halogens is 1. The number of hydrogen-bond donors (Lipinski definition) is 2. The van der Waals surface area contributed by atoms with E-state index in [1.807, 2.05) is 58.2 Å². The lowest BCUT2D eigenvalue weighted by Gasteiger charge is -2.24. The quantitative estimate of drug-likeness (QED) is 0.605. The van der Waals surface area contributed by atoms with E-state index in [0.717, 1.165) is 27.7 Å². The number of anilines is 2. The number of amides is 1. The van der Waals surface area contributed by atoms with Crippen molar-refractivity contribution in [2.45, 2.75) is 39.8 Å². The van der Waals surface area contributed by atoms with Crippen molar-refractivity contribution in [2.24, 2.45) is 0 Å². The van der Waals surface area contributed by atoms with E-state index in [2.05, 4.69) is 10.3 Å². The zero-order chi connectivity index (χ0) is 20.5. The number of rotatable bonds is 4. The van der Waals surface area contributed by atoms with Gasteiger partial charge in [0.25, 0.3) is 0 Å². The van der Waals surface area contributed by atoms with Crippen LogP contribution in [0.5, 0.6) is 0 Å². The van der Waals surface area contributed by atoms with Gasteiger partial charge in [-0.2, -0.15) is 0 Å². The molecule has 3 rings (SSSR count). The maximum absolute atomic E-state index is 14.1. The Hall–Kier alpha value is -3.02. The van der Waals surface area contributed by atoms with E-state index in [1.54, 1.807) is 18.0 Å². The first-order chi connectivity index (χ1) is 13.1. The van der Waals surface area contributed by atoms with Crippen LogP contribution in [0.1, 0.15) is 31.9 Å². The van der Waals surface area contributed by atoms with E-state index >= 15 is 0 Å². The predicted molar refractivity (Wildman–Crippen MR) is 110 cm³/mol. The number of hydrogen-bond acceptors (Lipinski definition) is 3. The van der Waals surface area contributed by atoms with Crippen LogP contribution in [0.25, 0.3) is 10.9 Å². The number of aromatic nitrogens is 1. The zero-order valence-electron chi connectivity index (χ0n) is 16.9. The van der Waals surface area contributed by atoms with Gasteiger partial charge < -0.3 is 19.9 Å². The maximum atomic E-state index is 14.1. The molecule has 0 aliphatic rings. The van der Waals surface area contributed by atoms with Crippen molar-refractivity contribution in [3.05, 3.63) is 59.5 Å². The number of ether oxygens (including phenoxy) is 1. The smallest absolute Gasteiger partial charge is 0.410 e. The summed E-state index contributed by atoms with van der Waals surface area (Å²) >= 11 is 0. The maximum Gasteiger partial charge on any atom is 0.410 e. The molecular formula is C22H26FN3O2. The van der Waals surface area contributed by atoms with Crippen LogP contribution >= 0.6 is 0 Å². The summed E-state index contributed by atoms with van der Waals surface area (Å²) in [5.41, 5.74) is 3.45. The summed E-state index contributed by atoms with van der Waals surface area (Å²) < 4.78 is 19.5. The molecule has 0 saturated carbocycles. The minimum absolute atomic E-state index is 0.286. The minimum Gasteiger partial charge on any atom is -0.444 e. The van der Waals surface area contributed by atoms with Crippen LogP contribution in [-0.2, 0) is 11.3 Å². The molecule has 0 saturated heterocycles. The van der Waals surface area contributed by atoms with Gasteiger partial charge in [0.1, 0.15) is 11.4 Å². The molecule has 2 N–H and O–H groups in total. The molecule has 0 aliphatic heterocycles. The van der Waals surface area contributed by atoms with Crippen molar-refractivity contribution in [3.63, 3.8) is 0 Å². The van der Waals surface area contributed by atoms with Crippen molar-refractivity contribution in [2.75, 3.05) is 12.4 Å². The van der Waals surface area contributed by atoms with Gasteiger partial charge in [-0.25, -0.2) is 9.18 Å². The van der Waals surface area contributed by atoms with E-state index < -0.39 is 5.60 Å². The van der Waals surface area contributed by atoms with Crippen LogP contribution < -0.4 is 5.32 Å². The van der Waals surface area contributed by atoms with Crippen LogP contribution in [0.2, 0.25) is 0 Å². The van der Waals surface area contributed by atoms with Gasteiger partial charge in [0.05, 0.1) is 12.2 Å². The number of fused-ring (bicyclic) bond motifs is 1. The summed E-state index contributed by atoms with van der Waals surface area (Å²) in [6.07, 6.45) is 1.51. The third kappa shape index (κ3) is 4.63. The molecular weight excluding hydrogens is 357 g/mol. The SMILES string of the molecule is Cc1ccc(Nc2ccc3c(CN(C)C(=O)OC(C)(C)C)c[nH]c3c2)c(F)c1. The largest absolute Gasteiger partial charge is 0.444 e. The Morgan fingerprint density at radius 3 is 2.64 bits per heavy atom. The summed E-state index contributed by atoms with van der Waals surface area (Å²) in [7, 11) is 1.71. The second-order valence-corrected chi connectivity index (χ2v) is 8.02. The third-order valence-electron chi connectivity index (χ3n) is 4.28. The lowest BCUT2D eigenvalue weighted by Crippen LogP contribution is -2.33. The second kappa shape index (κ2) is 7.54. The molecule has 0 spiro atoms. The van der Waals surface area contributed by atoms with Gasteiger partial charge in [-0.05, 0) is 63.1 Å². The highest BCUT2D eigenvalue weighted by atomic mass is 19.1. The summed E-state index contributed by atoms with van der Waals surface area (Å²) in [5.74, 6) is -0.286. The lowest BCUT2D eigenvalue weighted by molar-refractivity contribution is 0.0286. The van der Waals surface area contributed by atoms with Gasteiger partial charge in [0, 0.05) is 29.8 Å². The normalized spacial score (nSPS) is 11.5. The number of H-pyrrole nitrogens is 1. The van der Waals surface area contributed by atoms with Crippen molar-refractivity contribution >= 4 is 28.4 Å². The number of aromatic amines is 1. The van der Waals surface area contributed by atoms with Crippen molar-refractivity contribution in [1.29, 1.82) is 0 Å². The number of carbonyl (C=O) groups is 1. The molecule has 0 bridgehead atoms. The third-order valence-corrected chi connectivity index (χ3v) is 4.28. The Labute approximate surface area is 164 Å². The molecule has 5 nitrogen and oxygen atoms in total. The Morgan fingerprint density at radius 2 is 1.96 bits per heavy atom. The fourth-order valence-electron chi connectivity index (χ4n) is 2.93. The summed E-state index contributed by atoms with van der Waals surface area (Å²) in [6.45, 7) is 7.81. The van der Waals surface area contributed by atoms with E-state index in [9.17, 15) is 9.18 Å². The molecule has 1 aromatic heterocycles. The molecule has 6 heteroatoms. The number of aryl methyl sites for hydroxylation is 1. The molecule has 3 aromatic rings. The van der Waals surface area contributed by atoms with Gasteiger partial charge in [-0.1, -0.05) is 12.1 Å². The summed E-state index contributed by atoms with van der Waals surface area (Å²) in [6, 6.07) is 10.9. The Morgan fingerprint density at radius 1 is 1.21 bits per heavy atom. The highest BCUT2D eigenvalue weighted by molar-refractivity contribution is 5.87. The summed E-state index contributed by atoms with van der Waals surface area (Å²) in [5, 5.41) is 4.11. The van der Waals surface area contributed by atoms with Gasteiger partial charge in [0.15, 0.2) is 0 Å².